The van der Waals surface area contributed by atoms with Crippen molar-refractivity contribution in [1.29, 1.82) is 0 Å². The standard InChI is InChI=1S/C19H14N2O4S/c1-10(22)20-16-13-8-7-12(11-5-3-2-4-6-11)15(16)19(13,25)18-21-14(9-26-18)17(23)24/h2-9,25H,1H3,(H,20,22)(H,23,24). The lowest BCUT2D eigenvalue weighted by atomic mass is 9.69. The van der Waals surface area contributed by atoms with Gasteiger partial charge in [0.1, 0.15) is 5.01 Å². The number of hydrogen-bond donors (Lipinski definition) is 3. The highest BCUT2D eigenvalue weighted by atomic mass is 32.1. The van der Waals surface area contributed by atoms with Crippen LogP contribution in [-0.2, 0) is 10.4 Å². The van der Waals surface area contributed by atoms with E-state index in [0.29, 0.717) is 16.8 Å². The van der Waals surface area contributed by atoms with Gasteiger partial charge in [-0.15, -0.1) is 11.3 Å². The van der Waals surface area contributed by atoms with Crippen molar-refractivity contribution < 1.29 is 19.8 Å². The molecule has 0 saturated carbocycles. The van der Waals surface area contributed by atoms with Crippen molar-refractivity contribution in [3.05, 3.63) is 69.7 Å². The highest BCUT2D eigenvalue weighted by Gasteiger charge is 2.51. The largest absolute Gasteiger partial charge is 0.476 e. The second-order valence-corrected chi connectivity index (χ2v) is 6.87. The van der Waals surface area contributed by atoms with E-state index in [1.807, 2.05) is 36.4 Å². The number of carboxylic acids is 1. The number of hydrogen-bond acceptors (Lipinski definition) is 5. The molecule has 0 radical (unpaired) electrons. The molecule has 26 heavy (non-hydrogen) atoms. The minimum Gasteiger partial charge on any atom is -0.476 e. The van der Waals surface area contributed by atoms with E-state index in [9.17, 15) is 14.7 Å². The van der Waals surface area contributed by atoms with E-state index in [-0.39, 0.29) is 16.6 Å². The number of aromatic nitrogens is 1. The zero-order chi connectivity index (χ0) is 18.5. The number of carboxylic acid groups (broad SMARTS) is 1. The van der Waals surface area contributed by atoms with Crippen LogP contribution in [0, 0.1) is 0 Å². The summed E-state index contributed by atoms with van der Waals surface area (Å²) in [5.74, 6) is -1.39. The Balaban J connectivity index is 1.91. The molecule has 1 aliphatic carbocycles. The van der Waals surface area contributed by atoms with Crippen LogP contribution < -0.4 is 5.32 Å². The summed E-state index contributed by atoms with van der Waals surface area (Å²) in [6.45, 7) is 1.40. The molecule has 3 N–H and O–H groups in total. The maximum atomic E-state index is 11.6. The van der Waals surface area contributed by atoms with E-state index in [0.717, 1.165) is 22.5 Å². The summed E-state index contributed by atoms with van der Waals surface area (Å²) in [5, 5.41) is 25.0. The van der Waals surface area contributed by atoms with Crippen LogP contribution in [0.25, 0.3) is 11.1 Å². The van der Waals surface area contributed by atoms with Gasteiger partial charge in [-0.2, -0.15) is 0 Å². The van der Waals surface area contributed by atoms with Crippen molar-refractivity contribution in [3.63, 3.8) is 0 Å². The second-order valence-electron chi connectivity index (χ2n) is 6.01. The normalized spacial score (nSPS) is 17.5. The fourth-order valence-corrected chi connectivity index (χ4v) is 4.19. The minimum absolute atomic E-state index is 0.115. The molecule has 0 fully saturated rings. The van der Waals surface area contributed by atoms with E-state index in [2.05, 4.69) is 10.3 Å². The monoisotopic (exact) mass is 366 g/mol. The smallest absolute Gasteiger partial charge is 0.355 e. The lowest BCUT2D eigenvalue weighted by Gasteiger charge is -2.42. The van der Waals surface area contributed by atoms with Crippen molar-refractivity contribution in [1.82, 2.24) is 4.98 Å². The van der Waals surface area contributed by atoms with Gasteiger partial charge in [0.15, 0.2) is 11.3 Å². The molecule has 1 heterocycles. The first kappa shape index (κ1) is 16.4. The number of benzene rings is 2. The maximum Gasteiger partial charge on any atom is 0.355 e. The quantitative estimate of drug-likeness (QED) is 0.659. The number of nitrogens with zero attached hydrogens (tertiary/aromatic N) is 1. The van der Waals surface area contributed by atoms with Crippen LogP contribution in [0.15, 0.2) is 47.8 Å². The number of fused-ring (bicyclic) bond motifs is 2. The number of amides is 1. The summed E-state index contributed by atoms with van der Waals surface area (Å²) >= 11 is 1.08. The average Bonchev–Trinajstić information content (AvgIpc) is 3.13. The molecule has 3 aromatic rings. The molecule has 4 rings (SSSR count). The molecule has 2 bridgehead atoms. The van der Waals surface area contributed by atoms with Crippen LogP contribution in [0.1, 0.15) is 33.5 Å². The van der Waals surface area contributed by atoms with Gasteiger partial charge in [-0.25, -0.2) is 9.78 Å². The summed E-state index contributed by atoms with van der Waals surface area (Å²) < 4.78 is 0. The molecular formula is C19H14N2O4S. The Morgan fingerprint density at radius 3 is 2.50 bits per heavy atom. The molecular weight excluding hydrogens is 352 g/mol. The average molecular weight is 366 g/mol. The molecule has 1 aromatic heterocycles. The first-order chi connectivity index (χ1) is 12.4. The summed E-state index contributed by atoms with van der Waals surface area (Å²) in [6.07, 6.45) is 0. The highest BCUT2D eigenvalue weighted by molar-refractivity contribution is 7.10. The molecule has 130 valence electrons. The lowest BCUT2D eigenvalue weighted by molar-refractivity contribution is -0.114. The van der Waals surface area contributed by atoms with Crippen molar-refractivity contribution in [2.45, 2.75) is 12.5 Å². The van der Waals surface area contributed by atoms with Crippen molar-refractivity contribution in [2.75, 3.05) is 5.32 Å². The van der Waals surface area contributed by atoms with Gasteiger partial charge in [0.2, 0.25) is 5.91 Å². The Kier molecular flexibility index (Phi) is 3.64. The van der Waals surface area contributed by atoms with Crippen LogP contribution in [0.4, 0.5) is 5.69 Å². The van der Waals surface area contributed by atoms with E-state index in [1.54, 1.807) is 6.07 Å². The Morgan fingerprint density at radius 2 is 1.88 bits per heavy atom. The molecule has 2 aromatic carbocycles. The third kappa shape index (κ3) is 2.25. The highest BCUT2D eigenvalue weighted by Crippen LogP contribution is 2.57. The lowest BCUT2D eigenvalue weighted by Crippen LogP contribution is -2.40. The first-order valence-corrected chi connectivity index (χ1v) is 8.73. The Bertz CT molecular complexity index is 1040. The molecule has 1 amide bonds. The Hall–Kier alpha value is -3.03. The van der Waals surface area contributed by atoms with Gasteiger partial charge in [0.05, 0.1) is 5.69 Å². The molecule has 1 atom stereocenters. The number of aliphatic hydroxyl groups is 1. The maximum absolute atomic E-state index is 11.6. The molecule has 1 unspecified atom stereocenters. The second kappa shape index (κ2) is 5.76. The van der Waals surface area contributed by atoms with E-state index >= 15 is 0 Å². The number of carbonyl (C=O) groups is 2. The molecule has 1 aliphatic rings. The van der Waals surface area contributed by atoms with Crippen molar-refractivity contribution in [3.8, 4) is 11.1 Å². The number of thiazole rings is 1. The number of carbonyl (C=O) groups excluding carboxylic acids is 1. The van der Waals surface area contributed by atoms with Gasteiger partial charge in [0, 0.05) is 23.4 Å². The third-order valence-electron chi connectivity index (χ3n) is 4.38. The molecule has 0 saturated heterocycles. The van der Waals surface area contributed by atoms with E-state index < -0.39 is 11.6 Å². The zero-order valence-corrected chi connectivity index (χ0v) is 14.5. The Labute approximate surface area is 152 Å². The topological polar surface area (TPSA) is 99.5 Å². The van der Waals surface area contributed by atoms with Crippen LogP contribution in [0.2, 0.25) is 0 Å². The van der Waals surface area contributed by atoms with Crippen molar-refractivity contribution in [2.24, 2.45) is 0 Å². The molecule has 7 heteroatoms. The summed E-state index contributed by atoms with van der Waals surface area (Å²) in [4.78, 5) is 26.8. The fraction of sp³-hybridized carbons (Fsp3) is 0.105. The predicted molar refractivity (Wildman–Crippen MR) is 97.4 cm³/mol. The third-order valence-corrected chi connectivity index (χ3v) is 5.33. The SMILES string of the molecule is CC(=O)Nc1c2ccc(-c3ccccc3)c1C2(O)c1nc(C(=O)O)cs1. The number of anilines is 1. The van der Waals surface area contributed by atoms with Crippen LogP contribution in [0.3, 0.4) is 0 Å². The van der Waals surface area contributed by atoms with Crippen LogP contribution in [0.5, 0.6) is 0 Å². The fourth-order valence-electron chi connectivity index (χ4n) is 3.28. The van der Waals surface area contributed by atoms with E-state index in [1.165, 1.54) is 12.3 Å². The first-order valence-electron chi connectivity index (χ1n) is 7.85. The predicted octanol–water partition coefficient (Wildman–Crippen LogP) is 3.06. The van der Waals surface area contributed by atoms with Gasteiger partial charge in [-0.1, -0.05) is 42.5 Å². The molecule has 0 aliphatic heterocycles. The van der Waals surface area contributed by atoms with Gasteiger partial charge in [-0.3, -0.25) is 4.79 Å². The van der Waals surface area contributed by atoms with Crippen LogP contribution in [-0.4, -0.2) is 27.1 Å². The van der Waals surface area contributed by atoms with Gasteiger partial charge in [0.25, 0.3) is 0 Å². The van der Waals surface area contributed by atoms with Crippen molar-refractivity contribution >= 4 is 28.9 Å². The summed E-state index contributed by atoms with van der Waals surface area (Å²) in [5.41, 5.74) is 1.59. The minimum atomic E-state index is -1.53. The number of aromatic carboxylic acids is 1. The molecule has 0 spiro atoms. The van der Waals surface area contributed by atoms with Gasteiger partial charge < -0.3 is 15.5 Å². The van der Waals surface area contributed by atoms with Gasteiger partial charge >= 0.3 is 5.97 Å². The summed E-state index contributed by atoms with van der Waals surface area (Å²) in [7, 11) is 0. The Morgan fingerprint density at radius 1 is 1.15 bits per heavy atom. The number of rotatable bonds is 4. The van der Waals surface area contributed by atoms with Gasteiger partial charge in [-0.05, 0) is 11.1 Å². The number of nitrogens with one attached hydrogen (secondary N) is 1. The summed E-state index contributed by atoms with van der Waals surface area (Å²) in [6, 6.07) is 13.1. The van der Waals surface area contributed by atoms with E-state index in [4.69, 9.17) is 5.11 Å². The zero-order valence-electron chi connectivity index (χ0n) is 13.7. The van der Waals surface area contributed by atoms with Crippen LogP contribution >= 0.6 is 11.3 Å². The molecule has 6 nitrogen and oxygen atoms in total.